The van der Waals surface area contributed by atoms with Gasteiger partial charge in [-0.15, -0.1) is 12.6 Å². The lowest BCUT2D eigenvalue weighted by Crippen LogP contribution is -1.90. The van der Waals surface area contributed by atoms with E-state index in [0.29, 0.717) is 11.8 Å². The average molecular weight is 130 g/mol. The molecule has 0 aromatic carbocycles. The Labute approximate surface area is 54.9 Å². The van der Waals surface area contributed by atoms with Crippen LogP contribution >= 0.6 is 12.6 Å². The molecule has 1 fully saturated rings. The van der Waals surface area contributed by atoms with Crippen molar-refractivity contribution >= 4 is 17.7 Å². The van der Waals surface area contributed by atoms with Crippen molar-refractivity contribution < 1.29 is 4.79 Å². The lowest BCUT2D eigenvalue weighted by atomic mass is 10.3. The van der Waals surface area contributed by atoms with E-state index in [4.69, 9.17) is 0 Å². The molecule has 0 aliphatic heterocycles. The normalized spacial score (nSPS) is 34.8. The number of thiol groups is 1. The molecule has 1 rings (SSSR count). The second kappa shape index (κ2) is 2.09. The molecular weight excluding hydrogens is 120 g/mol. The van der Waals surface area contributed by atoms with Crippen molar-refractivity contribution in [2.24, 2.45) is 11.8 Å². The monoisotopic (exact) mass is 130 g/mol. The Hall–Kier alpha value is 0.0200. The zero-order chi connectivity index (χ0) is 6.15. The van der Waals surface area contributed by atoms with Crippen molar-refractivity contribution in [3.05, 3.63) is 0 Å². The third-order valence-corrected chi connectivity index (χ3v) is 2.10. The maximum absolute atomic E-state index is 10.4. The highest BCUT2D eigenvalue weighted by Gasteiger charge is 2.39. The van der Waals surface area contributed by atoms with Gasteiger partial charge in [0.15, 0.2) is 5.12 Å². The first kappa shape index (κ1) is 6.14. The molecule has 0 N–H and O–H groups in total. The van der Waals surface area contributed by atoms with Gasteiger partial charge in [0.2, 0.25) is 0 Å². The summed E-state index contributed by atoms with van der Waals surface area (Å²) in [5, 5.41) is 0.0804. The Morgan fingerprint density at radius 1 is 1.88 bits per heavy atom. The van der Waals surface area contributed by atoms with Gasteiger partial charge in [-0.1, -0.05) is 13.3 Å². The lowest BCUT2D eigenvalue weighted by molar-refractivity contribution is -0.112. The van der Waals surface area contributed by atoms with Gasteiger partial charge in [-0.05, 0) is 12.3 Å². The molecule has 1 saturated carbocycles. The summed E-state index contributed by atoms with van der Waals surface area (Å²) in [6.07, 6.45) is 2.22. The summed E-state index contributed by atoms with van der Waals surface area (Å²) in [6.45, 7) is 2.11. The van der Waals surface area contributed by atoms with Gasteiger partial charge in [0.25, 0.3) is 0 Å². The van der Waals surface area contributed by atoms with E-state index in [1.807, 2.05) is 0 Å². The molecule has 1 nitrogen and oxygen atoms in total. The van der Waals surface area contributed by atoms with Crippen LogP contribution in [0.2, 0.25) is 0 Å². The highest BCUT2D eigenvalue weighted by molar-refractivity contribution is 7.96. The van der Waals surface area contributed by atoms with Crippen LogP contribution in [-0.2, 0) is 4.79 Å². The smallest absolute Gasteiger partial charge is 0.189 e. The summed E-state index contributed by atoms with van der Waals surface area (Å²) >= 11 is 3.73. The maximum Gasteiger partial charge on any atom is 0.189 e. The molecule has 0 heterocycles. The van der Waals surface area contributed by atoms with Crippen molar-refractivity contribution in [1.82, 2.24) is 0 Å². The predicted octanol–water partition coefficient (Wildman–Crippen LogP) is 1.49. The quantitative estimate of drug-likeness (QED) is 0.560. The van der Waals surface area contributed by atoms with Crippen LogP contribution in [-0.4, -0.2) is 5.12 Å². The Bertz CT molecular complexity index is 111. The van der Waals surface area contributed by atoms with E-state index < -0.39 is 0 Å². The predicted molar refractivity (Wildman–Crippen MR) is 35.9 cm³/mol. The van der Waals surface area contributed by atoms with Gasteiger partial charge >= 0.3 is 0 Å². The Morgan fingerprint density at radius 2 is 2.50 bits per heavy atom. The van der Waals surface area contributed by atoms with Crippen molar-refractivity contribution in [2.45, 2.75) is 19.8 Å². The summed E-state index contributed by atoms with van der Waals surface area (Å²) in [4.78, 5) is 10.4. The summed E-state index contributed by atoms with van der Waals surface area (Å²) in [6, 6.07) is 0. The summed E-state index contributed by atoms with van der Waals surface area (Å²) < 4.78 is 0. The molecule has 0 bridgehead atoms. The zero-order valence-corrected chi connectivity index (χ0v) is 5.82. The van der Waals surface area contributed by atoms with Crippen molar-refractivity contribution in [1.29, 1.82) is 0 Å². The van der Waals surface area contributed by atoms with E-state index in [1.165, 1.54) is 0 Å². The first-order valence-corrected chi connectivity index (χ1v) is 3.43. The SMILES string of the molecule is CCC1CC1C(=O)S. The molecular formula is C6H10OS. The summed E-state index contributed by atoms with van der Waals surface area (Å²) in [5.74, 6) is 0.975. The summed E-state index contributed by atoms with van der Waals surface area (Å²) in [7, 11) is 0. The highest BCUT2D eigenvalue weighted by Crippen LogP contribution is 2.42. The number of rotatable bonds is 2. The molecule has 1 aliphatic rings. The van der Waals surface area contributed by atoms with Crippen LogP contribution in [0.1, 0.15) is 19.8 Å². The van der Waals surface area contributed by atoms with Gasteiger partial charge in [0.1, 0.15) is 0 Å². The van der Waals surface area contributed by atoms with Crippen molar-refractivity contribution in [3.8, 4) is 0 Å². The second-order valence-corrected chi connectivity index (χ2v) is 2.79. The largest absolute Gasteiger partial charge is 0.287 e. The van der Waals surface area contributed by atoms with E-state index in [0.717, 1.165) is 12.8 Å². The van der Waals surface area contributed by atoms with E-state index in [9.17, 15) is 4.79 Å². The van der Waals surface area contributed by atoms with Gasteiger partial charge in [-0.25, -0.2) is 0 Å². The van der Waals surface area contributed by atoms with Gasteiger partial charge in [0.05, 0.1) is 0 Å². The highest BCUT2D eigenvalue weighted by atomic mass is 32.1. The van der Waals surface area contributed by atoms with Crippen LogP contribution in [0, 0.1) is 11.8 Å². The fourth-order valence-corrected chi connectivity index (χ4v) is 1.32. The first-order chi connectivity index (χ1) is 3.75. The van der Waals surface area contributed by atoms with Crippen LogP contribution in [0.25, 0.3) is 0 Å². The molecule has 2 unspecified atom stereocenters. The third-order valence-electron chi connectivity index (χ3n) is 1.76. The average Bonchev–Trinajstić information content (AvgIpc) is 2.42. The Balaban J connectivity index is 2.26. The van der Waals surface area contributed by atoms with Crippen LogP contribution in [0.3, 0.4) is 0 Å². The van der Waals surface area contributed by atoms with E-state index in [2.05, 4.69) is 19.6 Å². The molecule has 2 heteroatoms. The van der Waals surface area contributed by atoms with E-state index in [1.54, 1.807) is 0 Å². The zero-order valence-electron chi connectivity index (χ0n) is 4.92. The van der Waals surface area contributed by atoms with Gasteiger partial charge in [-0.2, -0.15) is 0 Å². The minimum Gasteiger partial charge on any atom is -0.287 e. The second-order valence-electron chi connectivity index (χ2n) is 2.35. The molecule has 1 aliphatic carbocycles. The maximum atomic E-state index is 10.4. The Morgan fingerprint density at radius 3 is 2.62 bits per heavy atom. The fraction of sp³-hybridized carbons (Fsp3) is 0.833. The third kappa shape index (κ3) is 1.05. The molecule has 0 aromatic rings. The molecule has 0 aromatic heterocycles. The van der Waals surface area contributed by atoms with Gasteiger partial charge in [0, 0.05) is 5.92 Å². The number of hydrogen-bond acceptors (Lipinski definition) is 1. The van der Waals surface area contributed by atoms with Crippen LogP contribution < -0.4 is 0 Å². The van der Waals surface area contributed by atoms with Crippen molar-refractivity contribution in [3.63, 3.8) is 0 Å². The number of hydrogen-bond donors (Lipinski definition) is 1. The minimum absolute atomic E-state index is 0.0804. The van der Waals surface area contributed by atoms with E-state index in [-0.39, 0.29) is 5.12 Å². The molecule has 0 amide bonds. The summed E-state index contributed by atoms with van der Waals surface area (Å²) in [5.41, 5.74) is 0. The molecule has 8 heavy (non-hydrogen) atoms. The number of carbonyl (C=O) groups is 1. The van der Waals surface area contributed by atoms with Gasteiger partial charge < -0.3 is 0 Å². The molecule has 0 saturated heterocycles. The topological polar surface area (TPSA) is 17.1 Å². The standard InChI is InChI=1S/C6H10OS/c1-2-4-3-5(4)6(7)8/h4-5H,2-3H2,1H3,(H,7,8). The first-order valence-electron chi connectivity index (χ1n) is 2.98. The van der Waals surface area contributed by atoms with Crippen LogP contribution in [0.5, 0.6) is 0 Å². The molecule has 0 spiro atoms. The minimum atomic E-state index is 0.0804. The lowest BCUT2D eigenvalue weighted by Gasteiger charge is -1.84. The fourth-order valence-electron chi connectivity index (χ4n) is 1.00. The molecule has 2 atom stereocenters. The van der Waals surface area contributed by atoms with E-state index >= 15 is 0 Å². The molecule has 46 valence electrons. The number of carbonyl (C=O) groups excluding carboxylic acids is 1. The van der Waals surface area contributed by atoms with Crippen molar-refractivity contribution in [2.75, 3.05) is 0 Å². The Kier molecular flexibility index (Phi) is 1.61. The molecule has 0 radical (unpaired) electrons. The van der Waals surface area contributed by atoms with Crippen LogP contribution in [0.4, 0.5) is 0 Å². The van der Waals surface area contributed by atoms with Crippen LogP contribution in [0.15, 0.2) is 0 Å². The van der Waals surface area contributed by atoms with Gasteiger partial charge in [-0.3, -0.25) is 4.79 Å².